The molecule has 27 heavy (non-hydrogen) atoms. The molecule has 0 bridgehead atoms. The van der Waals surface area contributed by atoms with Crippen molar-refractivity contribution in [3.63, 3.8) is 0 Å². The van der Waals surface area contributed by atoms with Gasteiger partial charge in [0, 0.05) is 29.3 Å². The quantitative estimate of drug-likeness (QED) is 0.792. The highest BCUT2D eigenvalue weighted by Gasteiger charge is 2.39. The molecule has 6 nitrogen and oxygen atoms in total. The number of carbonyl (C=O) groups excluding carboxylic acids is 2. The number of nitrogens with one attached hydrogen (secondary N) is 1. The van der Waals surface area contributed by atoms with Gasteiger partial charge in [0.05, 0.1) is 31.9 Å². The van der Waals surface area contributed by atoms with Crippen molar-refractivity contribution in [2.24, 2.45) is 0 Å². The van der Waals surface area contributed by atoms with Gasteiger partial charge < -0.3 is 19.5 Å². The van der Waals surface area contributed by atoms with Gasteiger partial charge >= 0.3 is 5.97 Å². The number of dihydropyridines is 1. The molecule has 0 fully saturated rings. The molecule has 3 rings (SSSR count). The zero-order chi connectivity index (χ0) is 19.7. The van der Waals surface area contributed by atoms with Gasteiger partial charge in [-0.1, -0.05) is 11.6 Å². The molecule has 0 saturated carbocycles. The Morgan fingerprint density at radius 2 is 1.93 bits per heavy atom. The van der Waals surface area contributed by atoms with Crippen LogP contribution in [0.3, 0.4) is 0 Å². The van der Waals surface area contributed by atoms with Gasteiger partial charge in [-0.05, 0) is 37.5 Å². The van der Waals surface area contributed by atoms with Crippen LogP contribution in [0, 0.1) is 0 Å². The lowest BCUT2D eigenvalue weighted by atomic mass is 9.75. The van der Waals surface area contributed by atoms with Crippen molar-refractivity contribution in [1.29, 1.82) is 0 Å². The van der Waals surface area contributed by atoms with Crippen LogP contribution in [-0.4, -0.2) is 33.1 Å². The lowest BCUT2D eigenvalue weighted by Crippen LogP contribution is -2.34. The molecule has 1 heterocycles. The van der Waals surface area contributed by atoms with E-state index in [4.69, 9.17) is 25.8 Å². The highest BCUT2D eigenvalue weighted by Crippen LogP contribution is 2.46. The predicted molar refractivity (Wildman–Crippen MR) is 101 cm³/mol. The molecule has 0 aromatic heterocycles. The lowest BCUT2D eigenvalue weighted by molar-refractivity contribution is -0.136. The van der Waals surface area contributed by atoms with Crippen molar-refractivity contribution >= 4 is 23.4 Å². The molecular weight excluding hydrogens is 370 g/mol. The zero-order valence-electron chi connectivity index (χ0n) is 15.8. The van der Waals surface area contributed by atoms with E-state index in [0.29, 0.717) is 45.3 Å². The molecule has 0 unspecified atom stereocenters. The molecule has 1 aliphatic heterocycles. The van der Waals surface area contributed by atoms with Crippen LogP contribution in [0.2, 0.25) is 5.02 Å². The summed E-state index contributed by atoms with van der Waals surface area (Å²) in [6.45, 7) is 1.81. The van der Waals surface area contributed by atoms with Crippen molar-refractivity contribution < 1.29 is 23.8 Å². The fraction of sp³-hybridized carbons (Fsp3) is 0.400. The SMILES string of the molecule is COC(=O)C1=C(C)NC2=C(C(=O)CCC2)[C@@H]1c1cc(Cl)c(OC)c(OC)c1. The minimum absolute atomic E-state index is 0.0218. The first-order valence-corrected chi connectivity index (χ1v) is 9.04. The van der Waals surface area contributed by atoms with Crippen molar-refractivity contribution in [2.45, 2.75) is 32.1 Å². The average molecular weight is 392 g/mol. The Hall–Kier alpha value is -2.47. The number of carbonyl (C=O) groups is 2. The Bertz CT molecular complexity index is 871. The fourth-order valence-corrected chi connectivity index (χ4v) is 4.10. The predicted octanol–water partition coefficient (Wildman–Crippen LogP) is 3.50. The second kappa shape index (κ2) is 7.64. The Morgan fingerprint density at radius 1 is 1.19 bits per heavy atom. The second-order valence-electron chi connectivity index (χ2n) is 6.50. The Labute approximate surface area is 163 Å². The van der Waals surface area contributed by atoms with Gasteiger partial charge in [0.1, 0.15) is 0 Å². The van der Waals surface area contributed by atoms with Crippen molar-refractivity contribution in [3.8, 4) is 11.5 Å². The second-order valence-corrected chi connectivity index (χ2v) is 6.90. The third-order valence-electron chi connectivity index (χ3n) is 4.97. The molecule has 0 radical (unpaired) electrons. The van der Waals surface area contributed by atoms with Gasteiger partial charge in [-0.2, -0.15) is 0 Å². The van der Waals surface area contributed by atoms with Crippen LogP contribution in [0.5, 0.6) is 11.5 Å². The van der Waals surface area contributed by atoms with Crippen LogP contribution >= 0.6 is 11.6 Å². The number of benzene rings is 1. The molecule has 1 aromatic carbocycles. The number of rotatable bonds is 4. The normalized spacial score (nSPS) is 19.4. The Morgan fingerprint density at radius 3 is 2.56 bits per heavy atom. The number of allylic oxidation sites excluding steroid dienone is 3. The van der Waals surface area contributed by atoms with E-state index in [9.17, 15) is 9.59 Å². The van der Waals surface area contributed by atoms with Crippen molar-refractivity contribution in [1.82, 2.24) is 5.32 Å². The van der Waals surface area contributed by atoms with E-state index in [2.05, 4.69) is 5.32 Å². The monoisotopic (exact) mass is 391 g/mol. The minimum Gasteiger partial charge on any atom is -0.493 e. The molecule has 1 aliphatic carbocycles. The van der Waals surface area contributed by atoms with Gasteiger partial charge in [-0.15, -0.1) is 0 Å². The number of esters is 1. The first-order valence-electron chi connectivity index (χ1n) is 8.66. The summed E-state index contributed by atoms with van der Waals surface area (Å²) in [5.74, 6) is -0.194. The van der Waals surface area contributed by atoms with Gasteiger partial charge in [0.2, 0.25) is 0 Å². The van der Waals surface area contributed by atoms with Crippen LogP contribution in [0.25, 0.3) is 0 Å². The van der Waals surface area contributed by atoms with Crippen LogP contribution < -0.4 is 14.8 Å². The van der Waals surface area contributed by atoms with Crippen LogP contribution in [-0.2, 0) is 14.3 Å². The highest BCUT2D eigenvalue weighted by atomic mass is 35.5. The summed E-state index contributed by atoms with van der Waals surface area (Å²) in [7, 11) is 4.34. The molecule has 0 saturated heterocycles. The van der Waals surface area contributed by atoms with Crippen molar-refractivity contribution in [2.75, 3.05) is 21.3 Å². The summed E-state index contributed by atoms with van der Waals surface area (Å²) in [4.78, 5) is 25.3. The third kappa shape index (κ3) is 3.30. The smallest absolute Gasteiger partial charge is 0.336 e. The van der Waals surface area contributed by atoms with Gasteiger partial charge in [0.25, 0.3) is 0 Å². The van der Waals surface area contributed by atoms with Gasteiger partial charge in [0.15, 0.2) is 17.3 Å². The largest absolute Gasteiger partial charge is 0.493 e. The van der Waals surface area contributed by atoms with E-state index in [1.807, 2.05) is 6.92 Å². The number of methoxy groups -OCH3 is 3. The Kier molecular flexibility index (Phi) is 5.46. The molecule has 1 N–H and O–H groups in total. The maximum atomic E-state index is 12.8. The number of hydrogen-bond donors (Lipinski definition) is 1. The summed E-state index contributed by atoms with van der Waals surface area (Å²) in [6, 6.07) is 3.46. The van der Waals surface area contributed by atoms with E-state index in [-0.39, 0.29) is 5.78 Å². The first-order chi connectivity index (χ1) is 12.9. The van der Waals surface area contributed by atoms with Crippen LogP contribution in [0.15, 0.2) is 34.7 Å². The van der Waals surface area contributed by atoms with Crippen molar-refractivity contribution in [3.05, 3.63) is 45.3 Å². The van der Waals surface area contributed by atoms with E-state index >= 15 is 0 Å². The summed E-state index contributed by atoms with van der Waals surface area (Å²) >= 11 is 6.39. The molecular formula is C20H22ClNO5. The molecule has 1 atom stereocenters. The molecule has 0 amide bonds. The molecule has 144 valence electrons. The lowest BCUT2D eigenvalue weighted by Gasteiger charge is -2.34. The fourth-order valence-electron chi connectivity index (χ4n) is 3.80. The summed E-state index contributed by atoms with van der Waals surface area (Å²) in [5, 5.41) is 3.57. The summed E-state index contributed by atoms with van der Waals surface area (Å²) in [6.07, 6.45) is 1.99. The maximum Gasteiger partial charge on any atom is 0.336 e. The van der Waals surface area contributed by atoms with Gasteiger partial charge in [-0.25, -0.2) is 4.79 Å². The van der Waals surface area contributed by atoms with E-state index in [1.54, 1.807) is 12.1 Å². The highest BCUT2D eigenvalue weighted by molar-refractivity contribution is 6.32. The number of Topliss-reactive ketones (excluding diaryl/α,β-unsaturated/α-hetero) is 1. The van der Waals surface area contributed by atoms with E-state index < -0.39 is 11.9 Å². The zero-order valence-corrected chi connectivity index (χ0v) is 16.5. The molecule has 7 heteroatoms. The topological polar surface area (TPSA) is 73.9 Å². The molecule has 2 aliphatic rings. The number of halogens is 1. The molecule has 1 aromatic rings. The van der Waals surface area contributed by atoms with Gasteiger partial charge in [-0.3, -0.25) is 4.79 Å². The number of ether oxygens (including phenoxy) is 3. The number of ketones is 1. The van der Waals surface area contributed by atoms with E-state index in [0.717, 1.165) is 18.5 Å². The molecule has 0 spiro atoms. The third-order valence-corrected chi connectivity index (χ3v) is 5.25. The number of hydrogen-bond acceptors (Lipinski definition) is 6. The van der Waals surface area contributed by atoms with E-state index in [1.165, 1.54) is 21.3 Å². The summed E-state index contributed by atoms with van der Waals surface area (Å²) < 4.78 is 15.7. The Balaban J connectivity index is 2.25. The first kappa shape index (κ1) is 19.3. The van der Waals surface area contributed by atoms with Crippen LogP contribution in [0.1, 0.15) is 37.7 Å². The average Bonchev–Trinajstić information content (AvgIpc) is 2.65. The summed E-state index contributed by atoms with van der Waals surface area (Å²) in [5.41, 5.74) is 3.20. The van der Waals surface area contributed by atoms with Crippen LogP contribution in [0.4, 0.5) is 0 Å². The standard InChI is InChI=1S/C20H22ClNO5/c1-10-16(20(24)27-4)17(18-13(22-10)6-5-7-14(18)23)11-8-12(21)19(26-3)15(9-11)25-2/h8-9,17,22H,5-7H2,1-4H3/t17-/m1/s1. The minimum atomic E-state index is -0.571. The maximum absolute atomic E-state index is 12.8.